The first-order valence-corrected chi connectivity index (χ1v) is 8.02. The fourth-order valence-electron chi connectivity index (χ4n) is 4.67. The fraction of sp³-hybridized carbons (Fsp3) is 0.500. The normalized spacial score (nSPS) is 23.0. The number of hydrogen-bond acceptors (Lipinski definition) is 2. The summed E-state index contributed by atoms with van der Waals surface area (Å²) in [5.41, 5.74) is 5.81. The van der Waals surface area contributed by atoms with Gasteiger partial charge in [-0.3, -0.25) is 4.68 Å². The minimum absolute atomic E-state index is 0.176. The highest BCUT2D eigenvalue weighted by atomic mass is 15.3. The van der Waals surface area contributed by atoms with E-state index in [0.29, 0.717) is 6.04 Å². The van der Waals surface area contributed by atoms with Crippen molar-refractivity contribution in [2.24, 2.45) is 7.05 Å². The zero-order chi connectivity index (χ0) is 14.6. The SMILES string of the molecule is Cc1ccccc1N1[C@@H](C)c2c(cnn2C)C12CCCC2. The zero-order valence-corrected chi connectivity index (χ0v) is 13.1. The minimum atomic E-state index is 0.176. The van der Waals surface area contributed by atoms with Crippen molar-refractivity contribution in [2.75, 3.05) is 4.90 Å². The van der Waals surface area contributed by atoms with E-state index in [1.54, 1.807) is 0 Å². The Labute approximate surface area is 126 Å². The van der Waals surface area contributed by atoms with Gasteiger partial charge >= 0.3 is 0 Å². The second-order valence-corrected chi connectivity index (χ2v) is 6.64. The topological polar surface area (TPSA) is 21.1 Å². The van der Waals surface area contributed by atoms with E-state index in [4.69, 9.17) is 0 Å². The molecule has 1 aromatic carbocycles. The molecule has 0 amide bonds. The summed E-state index contributed by atoms with van der Waals surface area (Å²) in [6, 6.07) is 9.21. The molecule has 0 saturated heterocycles. The Morgan fingerprint density at radius 1 is 1.19 bits per heavy atom. The Kier molecular flexibility index (Phi) is 2.69. The Hall–Kier alpha value is -1.77. The van der Waals surface area contributed by atoms with Crippen LogP contribution in [0.15, 0.2) is 30.5 Å². The van der Waals surface area contributed by atoms with Gasteiger partial charge in [-0.1, -0.05) is 31.0 Å². The highest BCUT2D eigenvalue weighted by molar-refractivity contribution is 5.62. The third kappa shape index (κ3) is 1.57. The van der Waals surface area contributed by atoms with E-state index < -0.39 is 0 Å². The van der Waals surface area contributed by atoms with Gasteiger partial charge in [-0.05, 0) is 38.3 Å². The second-order valence-electron chi connectivity index (χ2n) is 6.64. The molecule has 0 unspecified atom stereocenters. The summed E-state index contributed by atoms with van der Waals surface area (Å²) in [6.45, 7) is 4.56. The first kappa shape index (κ1) is 12.9. The van der Waals surface area contributed by atoms with Crippen molar-refractivity contribution >= 4 is 5.69 Å². The molecule has 1 aromatic heterocycles. The van der Waals surface area contributed by atoms with Gasteiger partial charge in [0.2, 0.25) is 0 Å². The first-order valence-electron chi connectivity index (χ1n) is 8.02. The Morgan fingerprint density at radius 3 is 2.62 bits per heavy atom. The molecule has 1 aliphatic carbocycles. The van der Waals surface area contributed by atoms with Crippen LogP contribution in [-0.4, -0.2) is 9.78 Å². The van der Waals surface area contributed by atoms with Gasteiger partial charge in [0.05, 0.1) is 23.5 Å². The molecule has 1 aliphatic heterocycles. The average Bonchev–Trinajstić information content (AvgIpc) is 3.13. The van der Waals surface area contributed by atoms with Crippen LogP contribution in [-0.2, 0) is 12.6 Å². The molecule has 4 rings (SSSR count). The lowest BCUT2D eigenvalue weighted by Crippen LogP contribution is -2.40. The van der Waals surface area contributed by atoms with Crippen LogP contribution in [0.1, 0.15) is 55.5 Å². The molecule has 21 heavy (non-hydrogen) atoms. The molecule has 2 aromatic rings. The van der Waals surface area contributed by atoms with E-state index in [9.17, 15) is 0 Å². The van der Waals surface area contributed by atoms with Crippen molar-refractivity contribution in [3.8, 4) is 0 Å². The van der Waals surface area contributed by atoms with Crippen LogP contribution in [0.4, 0.5) is 5.69 Å². The number of aryl methyl sites for hydroxylation is 2. The molecule has 2 aliphatic rings. The number of fused-ring (bicyclic) bond motifs is 2. The van der Waals surface area contributed by atoms with Crippen molar-refractivity contribution in [3.63, 3.8) is 0 Å². The van der Waals surface area contributed by atoms with E-state index in [1.165, 1.54) is 48.2 Å². The predicted octanol–water partition coefficient (Wildman–Crippen LogP) is 4.08. The molecule has 3 nitrogen and oxygen atoms in total. The van der Waals surface area contributed by atoms with Gasteiger partial charge in [-0.25, -0.2) is 0 Å². The summed E-state index contributed by atoms with van der Waals surface area (Å²) in [7, 11) is 2.08. The van der Waals surface area contributed by atoms with Gasteiger partial charge in [0.15, 0.2) is 0 Å². The Bertz CT molecular complexity index is 680. The molecule has 1 atom stereocenters. The van der Waals surface area contributed by atoms with Crippen LogP contribution in [0, 0.1) is 6.92 Å². The van der Waals surface area contributed by atoms with Gasteiger partial charge in [-0.15, -0.1) is 0 Å². The first-order chi connectivity index (χ1) is 10.1. The largest absolute Gasteiger partial charge is 0.353 e. The number of hydrogen-bond donors (Lipinski definition) is 0. The molecule has 2 heterocycles. The molecular formula is C18H23N3. The standard InChI is InChI=1S/C18H23N3/c1-13-8-4-5-9-16(13)21-14(2)17-15(12-19-20(17)3)18(21)10-6-7-11-18/h4-5,8-9,12,14H,6-7,10-11H2,1-3H3/t14-/m0/s1. The quantitative estimate of drug-likeness (QED) is 0.785. The van der Waals surface area contributed by atoms with Crippen molar-refractivity contribution in [1.82, 2.24) is 9.78 Å². The molecule has 1 fully saturated rings. The summed E-state index contributed by atoms with van der Waals surface area (Å²) in [5, 5.41) is 4.55. The average molecular weight is 281 g/mol. The summed E-state index contributed by atoms with van der Waals surface area (Å²) in [4.78, 5) is 2.68. The summed E-state index contributed by atoms with van der Waals surface area (Å²) in [6.07, 6.45) is 7.27. The molecule has 0 N–H and O–H groups in total. The maximum atomic E-state index is 4.55. The highest BCUT2D eigenvalue weighted by Crippen LogP contribution is 2.56. The Balaban J connectivity index is 1.93. The lowest BCUT2D eigenvalue weighted by atomic mass is 9.90. The zero-order valence-electron chi connectivity index (χ0n) is 13.1. The summed E-state index contributed by atoms with van der Waals surface area (Å²) in [5.74, 6) is 0. The van der Waals surface area contributed by atoms with Crippen molar-refractivity contribution in [1.29, 1.82) is 0 Å². The predicted molar refractivity (Wildman–Crippen MR) is 85.4 cm³/mol. The monoisotopic (exact) mass is 281 g/mol. The van der Waals surface area contributed by atoms with E-state index in [0.717, 1.165) is 0 Å². The van der Waals surface area contributed by atoms with E-state index in [-0.39, 0.29) is 5.54 Å². The van der Waals surface area contributed by atoms with Crippen LogP contribution >= 0.6 is 0 Å². The number of rotatable bonds is 1. The number of para-hydroxylation sites is 1. The molecule has 0 radical (unpaired) electrons. The third-order valence-corrected chi connectivity index (χ3v) is 5.54. The lowest BCUT2D eigenvalue weighted by Gasteiger charge is -2.41. The number of benzene rings is 1. The van der Waals surface area contributed by atoms with E-state index in [1.807, 2.05) is 0 Å². The highest BCUT2D eigenvalue weighted by Gasteiger charge is 2.52. The second kappa shape index (κ2) is 4.36. The van der Waals surface area contributed by atoms with Crippen molar-refractivity contribution < 1.29 is 0 Å². The molecule has 110 valence electrons. The number of anilines is 1. The number of nitrogens with zero attached hydrogens (tertiary/aromatic N) is 3. The molecule has 3 heteroatoms. The van der Waals surface area contributed by atoms with E-state index >= 15 is 0 Å². The maximum Gasteiger partial charge on any atom is 0.0695 e. The van der Waals surface area contributed by atoms with Gasteiger partial charge in [-0.2, -0.15) is 5.10 Å². The van der Waals surface area contributed by atoms with Crippen LogP contribution in [0.5, 0.6) is 0 Å². The fourth-order valence-corrected chi connectivity index (χ4v) is 4.67. The van der Waals surface area contributed by atoms with Crippen LogP contribution < -0.4 is 4.90 Å². The van der Waals surface area contributed by atoms with Crippen LogP contribution in [0.3, 0.4) is 0 Å². The molecular weight excluding hydrogens is 258 g/mol. The summed E-state index contributed by atoms with van der Waals surface area (Å²) >= 11 is 0. The van der Waals surface area contributed by atoms with Gasteiger partial charge in [0.1, 0.15) is 0 Å². The van der Waals surface area contributed by atoms with Gasteiger partial charge < -0.3 is 4.90 Å². The van der Waals surface area contributed by atoms with Crippen LogP contribution in [0.2, 0.25) is 0 Å². The third-order valence-electron chi connectivity index (χ3n) is 5.54. The molecule has 1 spiro atoms. The van der Waals surface area contributed by atoms with Crippen molar-refractivity contribution in [2.45, 2.75) is 51.1 Å². The Morgan fingerprint density at radius 2 is 1.90 bits per heavy atom. The smallest absolute Gasteiger partial charge is 0.0695 e. The van der Waals surface area contributed by atoms with E-state index in [2.05, 4.69) is 66.0 Å². The number of aromatic nitrogens is 2. The minimum Gasteiger partial charge on any atom is -0.353 e. The maximum absolute atomic E-state index is 4.55. The molecule has 1 saturated carbocycles. The lowest BCUT2D eigenvalue weighted by molar-refractivity contribution is 0.411. The van der Waals surface area contributed by atoms with Gasteiger partial charge in [0, 0.05) is 18.3 Å². The van der Waals surface area contributed by atoms with Crippen LogP contribution in [0.25, 0.3) is 0 Å². The summed E-state index contributed by atoms with van der Waals surface area (Å²) < 4.78 is 2.08. The van der Waals surface area contributed by atoms with Crippen molar-refractivity contribution in [3.05, 3.63) is 47.3 Å². The van der Waals surface area contributed by atoms with Gasteiger partial charge in [0.25, 0.3) is 0 Å². The molecule has 0 bridgehead atoms.